The van der Waals surface area contributed by atoms with Crippen LogP contribution in [0.3, 0.4) is 0 Å². The number of alkyl halides is 1. The van der Waals surface area contributed by atoms with Crippen LogP contribution in [0.15, 0.2) is 24.3 Å². The van der Waals surface area contributed by atoms with E-state index >= 15 is 0 Å². The summed E-state index contributed by atoms with van der Waals surface area (Å²) in [6.07, 6.45) is 1.58. The highest BCUT2D eigenvalue weighted by molar-refractivity contribution is 6.17. The van der Waals surface area contributed by atoms with Gasteiger partial charge in [-0.2, -0.15) is 0 Å². The molecule has 1 aromatic carbocycles. The van der Waals surface area contributed by atoms with Crippen molar-refractivity contribution >= 4 is 11.6 Å². The Balaban J connectivity index is 2.24. The zero-order valence-corrected chi connectivity index (χ0v) is 10.7. The van der Waals surface area contributed by atoms with Crippen LogP contribution in [-0.2, 0) is 15.3 Å². The van der Waals surface area contributed by atoms with Crippen LogP contribution in [0.1, 0.15) is 18.4 Å². The quantitative estimate of drug-likeness (QED) is 0.776. The van der Waals surface area contributed by atoms with E-state index < -0.39 is 5.79 Å². The monoisotopic (exact) mass is 256 g/mol. The Hall–Kier alpha value is -0.770. The Kier molecular flexibility index (Phi) is 4.26. The van der Waals surface area contributed by atoms with E-state index in [-0.39, 0.29) is 0 Å². The molecular weight excluding hydrogens is 240 g/mol. The first-order chi connectivity index (χ1) is 8.30. The molecule has 0 radical (unpaired) electrons. The van der Waals surface area contributed by atoms with E-state index in [4.69, 9.17) is 25.8 Å². The second kappa shape index (κ2) is 5.71. The highest BCUT2D eigenvalue weighted by Crippen LogP contribution is 2.35. The molecule has 0 saturated carbocycles. The maximum atomic E-state index is 5.85. The molecule has 17 heavy (non-hydrogen) atoms. The summed E-state index contributed by atoms with van der Waals surface area (Å²) in [4.78, 5) is 0. The minimum atomic E-state index is -0.674. The zero-order chi connectivity index (χ0) is 12.1. The average Bonchev–Trinajstić information content (AvgIpc) is 2.40. The van der Waals surface area contributed by atoms with Crippen LogP contribution >= 0.6 is 11.6 Å². The van der Waals surface area contributed by atoms with Gasteiger partial charge in [0.2, 0.25) is 0 Å². The van der Waals surface area contributed by atoms with Gasteiger partial charge in [-0.3, -0.25) is 0 Å². The van der Waals surface area contributed by atoms with E-state index in [1.165, 1.54) is 0 Å². The fourth-order valence-corrected chi connectivity index (χ4v) is 2.25. The van der Waals surface area contributed by atoms with Gasteiger partial charge in [-0.15, -0.1) is 11.6 Å². The van der Waals surface area contributed by atoms with Crippen LogP contribution in [0.25, 0.3) is 0 Å². The van der Waals surface area contributed by atoms with Gasteiger partial charge in [0.25, 0.3) is 0 Å². The summed E-state index contributed by atoms with van der Waals surface area (Å²) in [6, 6.07) is 7.76. The maximum Gasteiger partial charge on any atom is 0.195 e. The summed E-state index contributed by atoms with van der Waals surface area (Å²) in [5, 5.41) is 0. The molecule has 0 spiro atoms. The Bertz CT molecular complexity index is 339. The molecule has 0 aromatic heterocycles. The number of benzene rings is 1. The molecule has 0 aliphatic carbocycles. The van der Waals surface area contributed by atoms with Gasteiger partial charge in [-0.1, -0.05) is 0 Å². The van der Waals surface area contributed by atoms with Crippen LogP contribution in [0, 0.1) is 0 Å². The minimum Gasteiger partial charge on any atom is -0.497 e. The number of methoxy groups -OCH3 is 1. The van der Waals surface area contributed by atoms with E-state index in [2.05, 4.69) is 0 Å². The lowest BCUT2D eigenvalue weighted by molar-refractivity contribution is -0.277. The third-order valence-electron chi connectivity index (χ3n) is 2.91. The van der Waals surface area contributed by atoms with Crippen LogP contribution < -0.4 is 4.74 Å². The lowest BCUT2D eigenvalue weighted by Crippen LogP contribution is -2.38. The normalized spacial score (nSPS) is 18.9. The molecule has 0 amide bonds. The maximum absolute atomic E-state index is 5.85. The largest absolute Gasteiger partial charge is 0.497 e. The molecule has 94 valence electrons. The Morgan fingerprint density at radius 2 is 1.88 bits per heavy atom. The van der Waals surface area contributed by atoms with Crippen molar-refractivity contribution in [1.82, 2.24) is 0 Å². The molecule has 2 rings (SSSR count). The molecule has 1 saturated heterocycles. The Labute approximate surface area is 107 Å². The lowest BCUT2D eigenvalue weighted by Gasteiger charge is -2.37. The zero-order valence-electron chi connectivity index (χ0n) is 9.95. The number of ether oxygens (including phenoxy) is 3. The van der Waals surface area contributed by atoms with Gasteiger partial charge < -0.3 is 14.2 Å². The second-order valence-electron chi connectivity index (χ2n) is 3.97. The van der Waals surface area contributed by atoms with E-state index in [1.807, 2.05) is 24.3 Å². The molecule has 0 N–H and O–H groups in total. The van der Waals surface area contributed by atoms with Crippen LogP contribution in [0.2, 0.25) is 0 Å². The first-order valence-corrected chi connectivity index (χ1v) is 6.32. The first-order valence-electron chi connectivity index (χ1n) is 5.79. The van der Waals surface area contributed by atoms with Gasteiger partial charge in [0.15, 0.2) is 5.79 Å². The Morgan fingerprint density at radius 3 is 2.41 bits per heavy atom. The van der Waals surface area contributed by atoms with Crippen LogP contribution in [0.4, 0.5) is 0 Å². The SMILES string of the molecule is COc1ccc(C2(CCCl)OCCCO2)cc1. The van der Waals surface area contributed by atoms with Crippen molar-refractivity contribution in [3.8, 4) is 5.75 Å². The smallest absolute Gasteiger partial charge is 0.195 e. The number of halogens is 1. The van der Waals surface area contributed by atoms with E-state index in [9.17, 15) is 0 Å². The lowest BCUT2D eigenvalue weighted by atomic mass is 10.0. The van der Waals surface area contributed by atoms with Gasteiger partial charge in [0.05, 0.1) is 20.3 Å². The van der Waals surface area contributed by atoms with E-state index in [1.54, 1.807) is 7.11 Å². The fraction of sp³-hybridized carbons (Fsp3) is 0.538. The number of hydrogen-bond donors (Lipinski definition) is 0. The molecule has 4 heteroatoms. The number of rotatable bonds is 4. The third kappa shape index (κ3) is 2.73. The molecule has 1 aromatic rings. The van der Waals surface area contributed by atoms with Gasteiger partial charge in [-0.25, -0.2) is 0 Å². The van der Waals surface area contributed by atoms with E-state index in [0.717, 1.165) is 17.7 Å². The van der Waals surface area contributed by atoms with E-state index in [0.29, 0.717) is 25.5 Å². The molecule has 0 bridgehead atoms. The van der Waals surface area contributed by atoms with Crippen molar-refractivity contribution in [2.75, 3.05) is 26.2 Å². The summed E-state index contributed by atoms with van der Waals surface area (Å²) in [5.41, 5.74) is 0.999. The molecule has 1 aliphatic heterocycles. The molecule has 1 heterocycles. The van der Waals surface area contributed by atoms with Crippen molar-refractivity contribution in [3.05, 3.63) is 29.8 Å². The predicted molar refractivity (Wildman–Crippen MR) is 66.5 cm³/mol. The first kappa shape index (κ1) is 12.7. The predicted octanol–water partition coefficient (Wildman–Crippen LogP) is 2.91. The highest BCUT2D eigenvalue weighted by atomic mass is 35.5. The van der Waals surface area contributed by atoms with Crippen molar-refractivity contribution in [1.29, 1.82) is 0 Å². The molecule has 1 fully saturated rings. The molecule has 0 atom stereocenters. The van der Waals surface area contributed by atoms with Crippen molar-refractivity contribution in [2.45, 2.75) is 18.6 Å². The van der Waals surface area contributed by atoms with Crippen LogP contribution in [-0.4, -0.2) is 26.2 Å². The minimum absolute atomic E-state index is 0.506. The topological polar surface area (TPSA) is 27.7 Å². The summed E-state index contributed by atoms with van der Waals surface area (Å²) in [7, 11) is 1.65. The Morgan fingerprint density at radius 1 is 1.24 bits per heavy atom. The molecule has 0 unspecified atom stereocenters. The standard InChI is InChI=1S/C13H17ClO3/c1-15-12-5-3-11(4-6-12)13(7-8-14)16-9-2-10-17-13/h3-6H,2,7-10H2,1H3. The summed E-state index contributed by atoms with van der Waals surface area (Å²) in [5.74, 6) is 0.656. The highest BCUT2D eigenvalue weighted by Gasteiger charge is 2.36. The van der Waals surface area contributed by atoms with Gasteiger partial charge >= 0.3 is 0 Å². The van der Waals surface area contributed by atoms with Gasteiger partial charge in [0.1, 0.15) is 5.75 Å². The summed E-state index contributed by atoms with van der Waals surface area (Å²) < 4.78 is 16.8. The van der Waals surface area contributed by atoms with Crippen LogP contribution in [0.5, 0.6) is 5.75 Å². The second-order valence-corrected chi connectivity index (χ2v) is 4.35. The van der Waals surface area contributed by atoms with Crippen molar-refractivity contribution in [2.24, 2.45) is 0 Å². The fourth-order valence-electron chi connectivity index (χ4n) is 2.00. The molecule has 3 nitrogen and oxygen atoms in total. The van der Waals surface area contributed by atoms with Gasteiger partial charge in [-0.05, 0) is 30.7 Å². The van der Waals surface area contributed by atoms with Gasteiger partial charge in [0, 0.05) is 17.9 Å². The summed E-state index contributed by atoms with van der Waals surface area (Å²) in [6.45, 7) is 1.42. The average molecular weight is 257 g/mol. The third-order valence-corrected chi connectivity index (χ3v) is 3.10. The van der Waals surface area contributed by atoms with Crippen molar-refractivity contribution < 1.29 is 14.2 Å². The van der Waals surface area contributed by atoms with Crippen molar-refractivity contribution in [3.63, 3.8) is 0 Å². The molecular formula is C13H17ClO3. The summed E-state index contributed by atoms with van der Waals surface area (Å²) >= 11 is 5.85. The molecule has 1 aliphatic rings. The number of hydrogen-bond acceptors (Lipinski definition) is 3.